The minimum absolute atomic E-state index is 0.103. The maximum atomic E-state index is 11.9. The molecular formula is C11H15BrN2O2. The topological polar surface area (TPSA) is 55.1 Å². The molecule has 1 aromatic rings. The number of hydrogen-bond donors (Lipinski definition) is 1. The van der Waals surface area contributed by atoms with Gasteiger partial charge in [-0.2, -0.15) is 0 Å². The van der Waals surface area contributed by atoms with Crippen molar-refractivity contribution >= 4 is 21.8 Å². The number of nitrogens with one attached hydrogen (secondary N) is 1. The first-order chi connectivity index (χ1) is 7.76. The number of carbonyl (C=O) groups is 1. The van der Waals surface area contributed by atoms with E-state index < -0.39 is 0 Å². The van der Waals surface area contributed by atoms with Crippen molar-refractivity contribution in [2.45, 2.75) is 37.6 Å². The number of aromatic nitrogens is 1. The van der Waals surface area contributed by atoms with Gasteiger partial charge in [0.25, 0.3) is 5.91 Å². The predicted molar refractivity (Wildman–Crippen MR) is 63.6 cm³/mol. The molecule has 0 atom stereocenters. The smallest absolute Gasteiger partial charge is 0.273 e. The standard InChI is InChI=1S/C11H15BrN2O2/c12-8-11(5-2-1-3-6-11)13-10(15)9-4-7-16-14-9/h4,7H,1-3,5-6,8H2,(H,13,15). The van der Waals surface area contributed by atoms with Crippen LogP contribution in [0.25, 0.3) is 0 Å². The van der Waals surface area contributed by atoms with Gasteiger partial charge in [-0.25, -0.2) is 0 Å². The molecule has 1 amide bonds. The third-order valence-electron chi connectivity index (χ3n) is 3.12. The Labute approximate surface area is 103 Å². The molecule has 16 heavy (non-hydrogen) atoms. The lowest BCUT2D eigenvalue weighted by Gasteiger charge is -2.36. The number of carbonyl (C=O) groups excluding carboxylic acids is 1. The first-order valence-corrected chi connectivity index (χ1v) is 6.67. The van der Waals surface area contributed by atoms with Gasteiger partial charge < -0.3 is 9.84 Å². The molecular weight excluding hydrogens is 272 g/mol. The third kappa shape index (κ3) is 2.45. The molecule has 1 aliphatic carbocycles. The van der Waals surface area contributed by atoms with E-state index >= 15 is 0 Å². The van der Waals surface area contributed by atoms with Gasteiger partial charge in [0.05, 0.1) is 5.54 Å². The molecule has 1 aromatic heterocycles. The highest BCUT2D eigenvalue weighted by Crippen LogP contribution is 2.30. The van der Waals surface area contributed by atoms with Crippen LogP contribution in [0.5, 0.6) is 0 Å². The molecule has 4 nitrogen and oxygen atoms in total. The summed E-state index contributed by atoms with van der Waals surface area (Å²) in [4.78, 5) is 11.9. The molecule has 0 aromatic carbocycles. The fourth-order valence-electron chi connectivity index (χ4n) is 2.16. The molecule has 5 heteroatoms. The minimum Gasteiger partial charge on any atom is -0.364 e. The van der Waals surface area contributed by atoms with Gasteiger partial charge in [0.1, 0.15) is 6.26 Å². The molecule has 0 unspecified atom stereocenters. The lowest BCUT2D eigenvalue weighted by Crippen LogP contribution is -2.51. The fourth-order valence-corrected chi connectivity index (χ4v) is 2.86. The molecule has 88 valence electrons. The maximum absolute atomic E-state index is 11.9. The average Bonchev–Trinajstić information content (AvgIpc) is 2.84. The zero-order valence-corrected chi connectivity index (χ0v) is 10.6. The normalized spacial score (nSPS) is 19.3. The quantitative estimate of drug-likeness (QED) is 0.869. The molecule has 0 radical (unpaired) electrons. The zero-order valence-electron chi connectivity index (χ0n) is 9.04. The Balaban J connectivity index is 2.03. The van der Waals surface area contributed by atoms with Crippen molar-refractivity contribution in [3.63, 3.8) is 0 Å². The van der Waals surface area contributed by atoms with Crippen LogP contribution in [0.2, 0.25) is 0 Å². The molecule has 1 saturated carbocycles. The highest BCUT2D eigenvalue weighted by molar-refractivity contribution is 9.09. The van der Waals surface area contributed by atoms with Crippen molar-refractivity contribution in [2.24, 2.45) is 0 Å². The first kappa shape index (κ1) is 11.6. The van der Waals surface area contributed by atoms with Crippen LogP contribution in [0, 0.1) is 0 Å². The Morgan fingerprint density at radius 2 is 2.25 bits per heavy atom. The van der Waals surface area contributed by atoms with Crippen molar-refractivity contribution in [3.8, 4) is 0 Å². The number of nitrogens with zero attached hydrogens (tertiary/aromatic N) is 1. The predicted octanol–water partition coefficient (Wildman–Crippen LogP) is 2.50. The van der Waals surface area contributed by atoms with Gasteiger partial charge in [-0.1, -0.05) is 40.3 Å². The van der Waals surface area contributed by atoms with E-state index in [1.54, 1.807) is 6.07 Å². The number of amides is 1. The number of alkyl halides is 1. The maximum Gasteiger partial charge on any atom is 0.273 e. The summed E-state index contributed by atoms with van der Waals surface area (Å²) in [6, 6.07) is 1.58. The Morgan fingerprint density at radius 3 is 2.81 bits per heavy atom. The van der Waals surface area contributed by atoms with Crippen LogP contribution in [-0.2, 0) is 0 Å². The first-order valence-electron chi connectivity index (χ1n) is 5.55. The van der Waals surface area contributed by atoms with Crippen LogP contribution < -0.4 is 5.32 Å². The van der Waals surface area contributed by atoms with Crippen molar-refractivity contribution in [3.05, 3.63) is 18.0 Å². The van der Waals surface area contributed by atoms with Crippen molar-refractivity contribution in [2.75, 3.05) is 5.33 Å². The second-order valence-corrected chi connectivity index (χ2v) is 4.87. The summed E-state index contributed by atoms with van der Waals surface area (Å²) in [5.74, 6) is -0.143. The van der Waals surface area contributed by atoms with Crippen LogP contribution in [0.15, 0.2) is 16.9 Å². The number of halogens is 1. The molecule has 2 rings (SSSR count). The van der Waals surface area contributed by atoms with Crippen LogP contribution in [0.3, 0.4) is 0 Å². The Morgan fingerprint density at radius 1 is 1.50 bits per heavy atom. The van der Waals surface area contributed by atoms with E-state index in [9.17, 15) is 4.79 Å². The molecule has 0 bridgehead atoms. The Bertz CT molecular complexity index is 345. The Kier molecular flexibility index (Phi) is 3.63. The van der Waals surface area contributed by atoms with Crippen molar-refractivity contribution in [1.82, 2.24) is 10.5 Å². The summed E-state index contributed by atoms with van der Waals surface area (Å²) in [5.41, 5.74) is 0.250. The van der Waals surface area contributed by atoms with E-state index in [0.29, 0.717) is 5.69 Å². The van der Waals surface area contributed by atoms with E-state index in [2.05, 4.69) is 30.9 Å². The van der Waals surface area contributed by atoms with Gasteiger partial charge in [0, 0.05) is 11.4 Å². The fraction of sp³-hybridized carbons (Fsp3) is 0.636. The second-order valence-electron chi connectivity index (χ2n) is 4.31. The van der Waals surface area contributed by atoms with Gasteiger partial charge in [0.2, 0.25) is 0 Å². The van der Waals surface area contributed by atoms with Crippen LogP contribution >= 0.6 is 15.9 Å². The molecule has 1 aliphatic rings. The molecule has 1 N–H and O–H groups in total. The van der Waals surface area contributed by atoms with Gasteiger partial charge in [-0.05, 0) is 12.8 Å². The summed E-state index contributed by atoms with van der Waals surface area (Å²) in [7, 11) is 0. The second kappa shape index (κ2) is 4.99. The SMILES string of the molecule is O=C(NC1(CBr)CCCCC1)c1ccon1. The van der Waals surface area contributed by atoms with Crippen LogP contribution in [-0.4, -0.2) is 21.9 Å². The monoisotopic (exact) mass is 286 g/mol. The molecule has 0 spiro atoms. The van der Waals surface area contributed by atoms with E-state index in [-0.39, 0.29) is 11.4 Å². The summed E-state index contributed by atoms with van der Waals surface area (Å²) in [5, 5.41) is 7.52. The van der Waals surface area contributed by atoms with Crippen LogP contribution in [0.4, 0.5) is 0 Å². The number of rotatable bonds is 3. The largest absolute Gasteiger partial charge is 0.364 e. The summed E-state index contributed by atoms with van der Waals surface area (Å²) < 4.78 is 4.67. The highest BCUT2D eigenvalue weighted by atomic mass is 79.9. The van der Waals surface area contributed by atoms with E-state index in [0.717, 1.165) is 18.2 Å². The lowest BCUT2D eigenvalue weighted by molar-refractivity contribution is 0.0877. The van der Waals surface area contributed by atoms with Crippen molar-refractivity contribution in [1.29, 1.82) is 0 Å². The van der Waals surface area contributed by atoms with E-state index in [1.165, 1.54) is 25.5 Å². The summed E-state index contributed by atoms with van der Waals surface area (Å²) in [6.07, 6.45) is 7.07. The molecule has 1 fully saturated rings. The average molecular weight is 287 g/mol. The molecule has 0 aliphatic heterocycles. The minimum atomic E-state index is -0.143. The van der Waals surface area contributed by atoms with Crippen LogP contribution in [0.1, 0.15) is 42.6 Å². The van der Waals surface area contributed by atoms with Gasteiger partial charge in [0.15, 0.2) is 5.69 Å². The van der Waals surface area contributed by atoms with Crippen molar-refractivity contribution < 1.29 is 9.32 Å². The zero-order chi connectivity index (χ0) is 11.4. The molecule has 1 heterocycles. The van der Waals surface area contributed by atoms with E-state index in [4.69, 9.17) is 0 Å². The summed E-state index contributed by atoms with van der Waals surface area (Å²) in [6.45, 7) is 0. The number of hydrogen-bond acceptors (Lipinski definition) is 3. The van der Waals surface area contributed by atoms with Gasteiger partial charge in [-0.3, -0.25) is 4.79 Å². The molecule has 0 saturated heterocycles. The van der Waals surface area contributed by atoms with Gasteiger partial charge in [-0.15, -0.1) is 0 Å². The highest BCUT2D eigenvalue weighted by Gasteiger charge is 2.33. The van der Waals surface area contributed by atoms with E-state index in [1.807, 2.05) is 0 Å². The van der Waals surface area contributed by atoms with Gasteiger partial charge >= 0.3 is 0 Å². The Hall–Kier alpha value is -0.840. The lowest BCUT2D eigenvalue weighted by atomic mass is 9.83. The third-order valence-corrected chi connectivity index (χ3v) is 4.19. The summed E-state index contributed by atoms with van der Waals surface area (Å²) >= 11 is 3.50.